The van der Waals surface area contributed by atoms with Gasteiger partial charge in [0.1, 0.15) is 11.5 Å². The van der Waals surface area contributed by atoms with Gasteiger partial charge in [0.2, 0.25) is 5.78 Å². The third-order valence-electron chi connectivity index (χ3n) is 4.13. The number of methoxy groups -OCH3 is 2. The SMILES string of the molecule is COc1ccc(C2NNC(=O)C(=O)C2c2ccc(OC)cc2)cc1. The lowest BCUT2D eigenvalue weighted by atomic mass is 9.83. The van der Waals surface area contributed by atoms with Crippen LogP contribution in [-0.4, -0.2) is 25.9 Å². The summed E-state index contributed by atoms with van der Waals surface area (Å²) < 4.78 is 10.3. The molecule has 1 saturated heterocycles. The van der Waals surface area contributed by atoms with Crippen LogP contribution < -0.4 is 20.3 Å². The average Bonchev–Trinajstić information content (AvgIpc) is 2.64. The molecule has 0 bridgehead atoms. The highest BCUT2D eigenvalue weighted by atomic mass is 16.5. The summed E-state index contributed by atoms with van der Waals surface area (Å²) in [6.07, 6.45) is 0. The van der Waals surface area contributed by atoms with Crippen molar-refractivity contribution >= 4 is 11.7 Å². The summed E-state index contributed by atoms with van der Waals surface area (Å²) in [4.78, 5) is 24.3. The fraction of sp³-hybridized carbons (Fsp3) is 0.222. The fourth-order valence-electron chi connectivity index (χ4n) is 2.82. The van der Waals surface area contributed by atoms with E-state index < -0.39 is 17.6 Å². The number of carbonyl (C=O) groups is 2. The fourth-order valence-corrected chi connectivity index (χ4v) is 2.82. The van der Waals surface area contributed by atoms with Crippen LogP contribution in [-0.2, 0) is 9.59 Å². The largest absolute Gasteiger partial charge is 0.497 e. The summed E-state index contributed by atoms with van der Waals surface area (Å²) in [6, 6.07) is 14.2. The molecule has 2 unspecified atom stereocenters. The molecular weight excluding hydrogens is 308 g/mol. The number of carbonyl (C=O) groups excluding carboxylic acids is 2. The number of hydrazine groups is 1. The van der Waals surface area contributed by atoms with Gasteiger partial charge in [0.05, 0.1) is 26.2 Å². The van der Waals surface area contributed by atoms with Crippen LogP contribution in [0.4, 0.5) is 0 Å². The van der Waals surface area contributed by atoms with Crippen molar-refractivity contribution in [3.05, 3.63) is 59.7 Å². The van der Waals surface area contributed by atoms with Crippen LogP contribution in [0.15, 0.2) is 48.5 Å². The topological polar surface area (TPSA) is 76.7 Å². The molecule has 0 saturated carbocycles. The molecule has 6 nitrogen and oxygen atoms in total. The van der Waals surface area contributed by atoms with E-state index in [1.807, 2.05) is 24.3 Å². The Labute approximate surface area is 139 Å². The number of hydrogen-bond donors (Lipinski definition) is 2. The number of ketones is 1. The van der Waals surface area contributed by atoms with E-state index >= 15 is 0 Å². The first kappa shape index (κ1) is 16.0. The van der Waals surface area contributed by atoms with Gasteiger partial charge in [0, 0.05) is 0 Å². The molecule has 6 heteroatoms. The monoisotopic (exact) mass is 326 g/mol. The second kappa shape index (κ2) is 6.72. The second-order valence-electron chi connectivity index (χ2n) is 5.46. The summed E-state index contributed by atoms with van der Waals surface area (Å²) >= 11 is 0. The van der Waals surface area contributed by atoms with Crippen molar-refractivity contribution in [1.29, 1.82) is 0 Å². The quantitative estimate of drug-likeness (QED) is 0.837. The molecule has 3 rings (SSSR count). The highest BCUT2D eigenvalue weighted by molar-refractivity contribution is 6.38. The molecule has 24 heavy (non-hydrogen) atoms. The highest BCUT2D eigenvalue weighted by Crippen LogP contribution is 2.34. The summed E-state index contributed by atoms with van der Waals surface area (Å²) in [5.74, 6) is -0.301. The maximum atomic E-state index is 12.5. The molecule has 2 N–H and O–H groups in total. The summed E-state index contributed by atoms with van der Waals surface area (Å²) in [5, 5.41) is 0. The third-order valence-corrected chi connectivity index (χ3v) is 4.13. The second-order valence-corrected chi connectivity index (χ2v) is 5.46. The van der Waals surface area contributed by atoms with Gasteiger partial charge in [0.25, 0.3) is 0 Å². The maximum absolute atomic E-state index is 12.5. The lowest BCUT2D eigenvalue weighted by Gasteiger charge is -2.32. The molecule has 2 atom stereocenters. The van der Waals surface area contributed by atoms with Gasteiger partial charge in [-0.1, -0.05) is 24.3 Å². The van der Waals surface area contributed by atoms with Gasteiger partial charge in [-0.2, -0.15) is 0 Å². The van der Waals surface area contributed by atoms with E-state index in [2.05, 4.69) is 10.9 Å². The molecule has 1 heterocycles. The normalized spacial score (nSPS) is 20.4. The van der Waals surface area contributed by atoms with Gasteiger partial charge < -0.3 is 9.47 Å². The lowest BCUT2D eigenvalue weighted by Crippen LogP contribution is -2.53. The van der Waals surface area contributed by atoms with E-state index in [1.165, 1.54) is 0 Å². The number of amides is 1. The average molecular weight is 326 g/mol. The predicted molar refractivity (Wildman–Crippen MR) is 87.8 cm³/mol. The molecule has 2 aromatic carbocycles. The van der Waals surface area contributed by atoms with Crippen LogP contribution in [0, 0.1) is 0 Å². The smallest absolute Gasteiger partial charge is 0.302 e. The number of hydrogen-bond acceptors (Lipinski definition) is 5. The predicted octanol–water partition coefficient (Wildman–Crippen LogP) is 1.73. The van der Waals surface area contributed by atoms with Crippen LogP contribution in [0.1, 0.15) is 23.1 Å². The number of nitrogens with one attached hydrogen (secondary N) is 2. The lowest BCUT2D eigenvalue weighted by molar-refractivity contribution is -0.142. The minimum absolute atomic E-state index is 0.366. The molecule has 0 spiro atoms. The van der Waals surface area contributed by atoms with Crippen molar-refractivity contribution in [2.45, 2.75) is 12.0 Å². The van der Waals surface area contributed by atoms with Crippen LogP contribution in [0.5, 0.6) is 11.5 Å². The summed E-state index contributed by atoms with van der Waals surface area (Å²) in [5.41, 5.74) is 7.01. The van der Waals surface area contributed by atoms with Gasteiger partial charge in [-0.05, 0) is 35.4 Å². The summed E-state index contributed by atoms with van der Waals surface area (Å²) in [7, 11) is 3.17. The van der Waals surface area contributed by atoms with E-state index in [4.69, 9.17) is 9.47 Å². The molecule has 124 valence electrons. The Morgan fingerprint density at radius 2 is 1.29 bits per heavy atom. The Hall–Kier alpha value is -2.86. The van der Waals surface area contributed by atoms with Crippen molar-refractivity contribution in [3.63, 3.8) is 0 Å². The minimum Gasteiger partial charge on any atom is -0.497 e. The van der Waals surface area contributed by atoms with E-state index in [0.717, 1.165) is 16.9 Å². The molecule has 0 aliphatic carbocycles. The molecule has 2 aromatic rings. The molecule has 0 aromatic heterocycles. The van der Waals surface area contributed by atoms with Gasteiger partial charge in [-0.15, -0.1) is 0 Å². The van der Waals surface area contributed by atoms with Gasteiger partial charge in [-0.3, -0.25) is 15.0 Å². The van der Waals surface area contributed by atoms with E-state index in [-0.39, 0.29) is 6.04 Å². The molecule has 1 aliphatic rings. The van der Waals surface area contributed by atoms with Gasteiger partial charge >= 0.3 is 5.91 Å². The van der Waals surface area contributed by atoms with Gasteiger partial charge in [0.15, 0.2) is 0 Å². The standard InChI is InChI=1S/C18H18N2O4/c1-23-13-7-3-11(4-8-13)15-16(19-20-18(22)17(15)21)12-5-9-14(24-2)10-6-12/h3-10,15-16,19H,1-2H3,(H,20,22). The Kier molecular flexibility index (Phi) is 4.48. The zero-order valence-electron chi connectivity index (χ0n) is 13.4. The van der Waals surface area contributed by atoms with Crippen molar-refractivity contribution in [1.82, 2.24) is 10.9 Å². The first-order valence-corrected chi connectivity index (χ1v) is 7.51. The van der Waals surface area contributed by atoms with Crippen molar-refractivity contribution in [2.24, 2.45) is 0 Å². The molecule has 1 amide bonds. The van der Waals surface area contributed by atoms with Crippen molar-refractivity contribution < 1.29 is 19.1 Å². The van der Waals surface area contributed by atoms with Crippen LogP contribution in [0.2, 0.25) is 0 Å². The zero-order chi connectivity index (χ0) is 17.1. The molecule has 0 radical (unpaired) electrons. The Morgan fingerprint density at radius 1 is 0.792 bits per heavy atom. The first-order valence-electron chi connectivity index (χ1n) is 7.51. The van der Waals surface area contributed by atoms with E-state index in [9.17, 15) is 9.59 Å². The Morgan fingerprint density at radius 3 is 1.79 bits per heavy atom. The van der Waals surface area contributed by atoms with Crippen molar-refractivity contribution in [2.75, 3.05) is 14.2 Å². The van der Waals surface area contributed by atoms with Gasteiger partial charge in [-0.25, -0.2) is 5.43 Å². The van der Waals surface area contributed by atoms with Crippen molar-refractivity contribution in [3.8, 4) is 11.5 Å². The Bertz CT molecular complexity index is 741. The maximum Gasteiger partial charge on any atom is 0.302 e. The number of ether oxygens (including phenoxy) is 2. The van der Waals surface area contributed by atoms with Crippen LogP contribution in [0.3, 0.4) is 0 Å². The van der Waals surface area contributed by atoms with E-state index in [1.54, 1.807) is 38.5 Å². The minimum atomic E-state index is -0.638. The van der Waals surface area contributed by atoms with Crippen LogP contribution in [0.25, 0.3) is 0 Å². The first-order chi connectivity index (χ1) is 11.6. The summed E-state index contributed by atoms with van der Waals surface area (Å²) in [6.45, 7) is 0. The molecule has 1 fully saturated rings. The highest BCUT2D eigenvalue weighted by Gasteiger charge is 2.39. The van der Waals surface area contributed by atoms with Crippen LogP contribution >= 0.6 is 0 Å². The number of rotatable bonds is 4. The number of benzene rings is 2. The number of Topliss-reactive ketones (excluding diaryl/α,β-unsaturated/α-hetero) is 1. The van der Waals surface area contributed by atoms with E-state index in [0.29, 0.717) is 5.75 Å². The molecule has 1 aliphatic heterocycles. The third kappa shape index (κ3) is 2.96. The zero-order valence-corrected chi connectivity index (χ0v) is 13.4. The Balaban J connectivity index is 1.98. The molecular formula is C18H18N2O4.